The molecule has 0 amide bonds. The molecule has 0 N–H and O–H groups in total. The summed E-state index contributed by atoms with van der Waals surface area (Å²) >= 11 is 0. The Hall–Kier alpha value is -0.120. The summed E-state index contributed by atoms with van der Waals surface area (Å²) in [4.78, 5) is 0. The van der Waals surface area contributed by atoms with E-state index in [1.54, 1.807) is 0 Å². The van der Waals surface area contributed by atoms with Crippen molar-refractivity contribution in [3.05, 3.63) is 0 Å². The largest absolute Gasteiger partial charge is 0.372 e. The lowest BCUT2D eigenvalue weighted by atomic mass is 10.0. The van der Waals surface area contributed by atoms with Crippen molar-refractivity contribution >= 4 is 0 Å². The van der Waals surface area contributed by atoms with Crippen molar-refractivity contribution in [3.63, 3.8) is 0 Å². The number of hydrogen-bond acceptors (Lipinski definition) is 3. The van der Waals surface area contributed by atoms with Gasteiger partial charge in [-0.1, -0.05) is 6.92 Å². The van der Waals surface area contributed by atoms with Crippen LogP contribution >= 0.6 is 0 Å². The molecule has 82 valence electrons. The zero-order valence-corrected chi connectivity index (χ0v) is 9.45. The average molecular weight is 200 g/mol. The predicted octanol–water partition coefficient (Wildman–Crippen LogP) is 1.60. The first-order valence-corrected chi connectivity index (χ1v) is 5.38. The molecule has 2 fully saturated rings. The van der Waals surface area contributed by atoms with Crippen LogP contribution in [-0.4, -0.2) is 37.1 Å². The van der Waals surface area contributed by atoms with Gasteiger partial charge in [0.15, 0.2) is 0 Å². The predicted molar refractivity (Wildman–Crippen MR) is 53.3 cm³/mol. The molecule has 0 saturated carbocycles. The van der Waals surface area contributed by atoms with Gasteiger partial charge in [-0.3, -0.25) is 0 Å². The van der Waals surface area contributed by atoms with E-state index in [0.717, 1.165) is 6.61 Å². The number of fused-ring (bicyclic) bond motifs is 1. The van der Waals surface area contributed by atoms with Gasteiger partial charge in [0.25, 0.3) is 0 Å². The van der Waals surface area contributed by atoms with Crippen LogP contribution in [0.2, 0.25) is 0 Å². The van der Waals surface area contributed by atoms with Crippen molar-refractivity contribution in [1.29, 1.82) is 0 Å². The van der Waals surface area contributed by atoms with E-state index in [0.29, 0.717) is 12.5 Å². The second-order valence-corrected chi connectivity index (χ2v) is 5.34. The highest BCUT2D eigenvalue weighted by molar-refractivity contribution is 4.94. The van der Waals surface area contributed by atoms with Gasteiger partial charge in [-0.2, -0.15) is 0 Å². The monoisotopic (exact) mass is 200 g/mol. The lowest BCUT2D eigenvalue weighted by Gasteiger charge is -2.26. The van der Waals surface area contributed by atoms with E-state index < -0.39 is 0 Å². The third-order valence-electron chi connectivity index (χ3n) is 2.76. The Balaban J connectivity index is 1.97. The molecule has 2 heterocycles. The summed E-state index contributed by atoms with van der Waals surface area (Å²) in [7, 11) is 0. The van der Waals surface area contributed by atoms with Gasteiger partial charge in [0, 0.05) is 5.92 Å². The summed E-state index contributed by atoms with van der Waals surface area (Å²) in [6.07, 6.45) is 0.525. The van der Waals surface area contributed by atoms with Crippen molar-refractivity contribution in [1.82, 2.24) is 0 Å². The van der Waals surface area contributed by atoms with Crippen molar-refractivity contribution < 1.29 is 14.2 Å². The Kier molecular flexibility index (Phi) is 2.58. The van der Waals surface area contributed by atoms with Crippen LogP contribution < -0.4 is 0 Å². The maximum Gasteiger partial charge on any atom is 0.112 e. The summed E-state index contributed by atoms with van der Waals surface area (Å²) < 4.78 is 17.3. The van der Waals surface area contributed by atoms with Crippen molar-refractivity contribution in [3.8, 4) is 0 Å². The zero-order chi connectivity index (χ0) is 10.3. The van der Waals surface area contributed by atoms with E-state index in [4.69, 9.17) is 14.2 Å². The standard InChI is InChI=1S/C11H20O3/c1-7-5-12-10-8(6-13-9(7)10)14-11(2,3)4/h7-10H,5-6H2,1-4H3/t7?,8?,9-,10-/m1/s1. The van der Waals surface area contributed by atoms with Gasteiger partial charge in [-0.25, -0.2) is 0 Å². The molecule has 2 aliphatic heterocycles. The molecule has 2 aliphatic rings. The molecular weight excluding hydrogens is 180 g/mol. The SMILES string of the molecule is CC1CO[C@@H]2C(OC(C)(C)C)CO[C@H]12. The normalized spacial score (nSPS) is 42.9. The Morgan fingerprint density at radius 3 is 2.36 bits per heavy atom. The van der Waals surface area contributed by atoms with E-state index in [2.05, 4.69) is 27.7 Å². The van der Waals surface area contributed by atoms with Gasteiger partial charge < -0.3 is 14.2 Å². The molecule has 2 saturated heterocycles. The first-order chi connectivity index (χ1) is 6.47. The van der Waals surface area contributed by atoms with Crippen molar-refractivity contribution in [2.24, 2.45) is 5.92 Å². The fourth-order valence-electron chi connectivity index (χ4n) is 2.21. The molecule has 14 heavy (non-hydrogen) atoms. The molecule has 2 rings (SSSR count). The average Bonchev–Trinajstić information content (AvgIpc) is 2.55. The Labute approximate surface area is 85.7 Å². The quantitative estimate of drug-likeness (QED) is 0.643. The van der Waals surface area contributed by atoms with Crippen molar-refractivity contribution in [2.45, 2.75) is 51.6 Å². The second-order valence-electron chi connectivity index (χ2n) is 5.34. The van der Waals surface area contributed by atoms with Gasteiger partial charge in [0.2, 0.25) is 0 Å². The molecular formula is C11H20O3. The van der Waals surface area contributed by atoms with E-state index in [-0.39, 0.29) is 23.9 Å². The summed E-state index contributed by atoms with van der Waals surface area (Å²) in [5.41, 5.74) is -0.113. The van der Waals surface area contributed by atoms with E-state index in [9.17, 15) is 0 Å². The minimum atomic E-state index is -0.113. The Bertz CT molecular complexity index is 209. The van der Waals surface area contributed by atoms with Crippen LogP contribution in [0.25, 0.3) is 0 Å². The first kappa shape index (κ1) is 10.4. The van der Waals surface area contributed by atoms with Crippen LogP contribution in [0.15, 0.2) is 0 Å². The van der Waals surface area contributed by atoms with Gasteiger partial charge in [-0.05, 0) is 20.8 Å². The third kappa shape index (κ3) is 1.95. The Morgan fingerprint density at radius 1 is 1.07 bits per heavy atom. The molecule has 4 atom stereocenters. The van der Waals surface area contributed by atoms with Gasteiger partial charge >= 0.3 is 0 Å². The van der Waals surface area contributed by atoms with Crippen LogP contribution in [0.3, 0.4) is 0 Å². The molecule has 3 heteroatoms. The summed E-state index contributed by atoms with van der Waals surface area (Å²) in [6.45, 7) is 9.86. The van der Waals surface area contributed by atoms with Gasteiger partial charge in [0.1, 0.15) is 12.2 Å². The highest BCUT2D eigenvalue weighted by atomic mass is 16.6. The maximum absolute atomic E-state index is 5.91. The van der Waals surface area contributed by atoms with E-state index >= 15 is 0 Å². The molecule has 0 aromatic carbocycles. The zero-order valence-electron chi connectivity index (χ0n) is 9.45. The summed E-state index contributed by atoms with van der Waals surface area (Å²) in [6, 6.07) is 0. The first-order valence-electron chi connectivity index (χ1n) is 5.38. The van der Waals surface area contributed by atoms with Gasteiger partial charge in [0.05, 0.1) is 24.9 Å². The van der Waals surface area contributed by atoms with Crippen LogP contribution in [0.4, 0.5) is 0 Å². The molecule has 0 aromatic rings. The fourth-order valence-corrected chi connectivity index (χ4v) is 2.21. The van der Waals surface area contributed by atoms with Crippen LogP contribution in [0.1, 0.15) is 27.7 Å². The second kappa shape index (κ2) is 3.47. The number of ether oxygens (including phenoxy) is 3. The summed E-state index contributed by atoms with van der Waals surface area (Å²) in [5, 5.41) is 0. The maximum atomic E-state index is 5.91. The highest BCUT2D eigenvalue weighted by Crippen LogP contribution is 2.33. The van der Waals surface area contributed by atoms with E-state index in [1.165, 1.54) is 0 Å². The summed E-state index contributed by atoms with van der Waals surface area (Å²) in [5.74, 6) is 0.508. The van der Waals surface area contributed by atoms with Crippen LogP contribution in [0, 0.1) is 5.92 Å². The van der Waals surface area contributed by atoms with Crippen LogP contribution in [0.5, 0.6) is 0 Å². The van der Waals surface area contributed by atoms with Gasteiger partial charge in [-0.15, -0.1) is 0 Å². The molecule has 0 radical (unpaired) electrons. The van der Waals surface area contributed by atoms with Crippen molar-refractivity contribution in [2.75, 3.05) is 13.2 Å². The smallest absolute Gasteiger partial charge is 0.112 e. The molecule has 0 aliphatic carbocycles. The Morgan fingerprint density at radius 2 is 1.71 bits per heavy atom. The van der Waals surface area contributed by atoms with Crippen LogP contribution in [-0.2, 0) is 14.2 Å². The lowest BCUT2D eigenvalue weighted by Crippen LogP contribution is -2.37. The minimum absolute atomic E-state index is 0.113. The van der Waals surface area contributed by atoms with E-state index in [1.807, 2.05) is 0 Å². The number of hydrogen-bond donors (Lipinski definition) is 0. The number of rotatable bonds is 1. The fraction of sp³-hybridized carbons (Fsp3) is 1.00. The minimum Gasteiger partial charge on any atom is -0.372 e. The molecule has 0 aromatic heterocycles. The lowest BCUT2D eigenvalue weighted by molar-refractivity contribution is -0.103. The highest BCUT2D eigenvalue weighted by Gasteiger charge is 2.47. The molecule has 0 bridgehead atoms. The molecule has 0 spiro atoms. The topological polar surface area (TPSA) is 27.7 Å². The molecule has 3 nitrogen and oxygen atoms in total. The third-order valence-corrected chi connectivity index (χ3v) is 2.76. The molecule has 2 unspecified atom stereocenters.